The smallest absolute Gasteiger partial charge is 0.287 e. The molecule has 8 heteroatoms. The van der Waals surface area contributed by atoms with E-state index in [4.69, 9.17) is 4.42 Å². The molecule has 32 heavy (non-hydrogen) atoms. The Morgan fingerprint density at radius 2 is 1.97 bits per heavy atom. The molecule has 5 rings (SSSR count). The monoisotopic (exact) mass is 433 g/mol. The molecule has 1 saturated heterocycles. The average molecular weight is 434 g/mol. The first-order valence-electron chi connectivity index (χ1n) is 11.1. The van der Waals surface area contributed by atoms with Crippen molar-refractivity contribution in [2.75, 3.05) is 19.6 Å². The first kappa shape index (κ1) is 20.5. The van der Waals surface area contributed by atoms with Crippen LogP contribution in [-0.4, -0.2) is 52.4 Å². The fourth-order valence-corrected chi connectivity index (χ4v) is 4.86. The zero-order valence-electron chi connectivity index (χ0n) is 17.8. The summed E-state index contributed by atoms with van der Waals surface area (Å²) in [5.74, 6) is -0.250. The summed E-state index contributed by atoms with van der Waals surface area (Å²) in [5.41, 5.74) is 3.09. The lowest BCUT2D eigenvalue weighted by atomic mass is 9.80. The van der Waals surface area contributed by atoms with Gasteiger partial charge < -0.3 is 24.9 Å². The molecule has 2 aliphatic heterocycles. The van der Waals surface area contributed by atoms with Crippen LogP contribution < -0.4 is 10.6 Å². The van der Waals surface area contributed by atoms with E-state index < -0.39 is 6.04 Å². The van der Waals surface area contributed by atoms with Crippen molar-refractivity contribution in [2.24, 2.45) is 0 Å². The van der Waals surface area contributed by atoms with Crippen LogP contribution in [0.2, 0.25) is 0 Å². The van der Waals surface area contributed by atoms with Crippen LogP contribution in [0.1, 0.15) is 40.3 Å². The van der Waals surface area contributed by atoms with Crippen LogP contribution in [-0.2, 0) is 23.2 Å². The average Bonchev–Trinajstić information content (AvgIpc) is 3.53. The molecular weight excluding hydrogens is 406 g/mol. The van der Waals surface area contributed by atoms with E-state index in [1.807, 2.05) is 35.2 Å². The number of carbonyl (C=O) groups excluding carboxylic acids is 2. The van der Waals surface area contributed by atoms with Crippen LogP contribution in [0.15, 0.2) is 59.5 Å². The van der Waals surface area contributed by atoms with Crippen molar-refractivity contribution in [1.82, 2.24) is 25.5 Å². The second-order valence-electron chi connectivity index (χ2n) is 8.51. The number of rotatable bonds is 5. The largest absolute Gasteiger partial charge is 0.459 e. The molecule has 4 heterocycles. The molecule has 0 saturated carbocycles. The maximum atomic E-state index is 13.5. The standard InChI is InChI=1S/C24H27N5O3/c30-22(20-7-4-14-32-20)28-19(15-17-5-2-1-3-6-17)23(31)29-12-9-24(10-13-29)21-18(8-11-27-24)25-16-26-21/h1-7,14,16,19,27H,8-13,15H2,(H,25,26)(H,28,30)/t19-/m1/s1. The molecule has 0 aliphatic carbocycles. The SMILES string of the molecule is O=C(N[C@H](Cc1ccccc1)C(=O)N1CCC2(CC1)NCCc1[nH]cnc12)c1ccco1. The van der Waals surface area contributed by atoms with Crippen LogP contribution in [0.5, 0.6) is 0 Å². The Kier molecular flexibility index (Phi) is 5.53. The minimum Gasteiger partial charge on any atom is -0.459 e. The Hall–Kier alpha value is -3.39. The number of fused-ring (bicyclic) bond motifs is 2. The quantitative estimate of drug-likeness (QED) is 0.571. The van der Waals surface area contributed by atoms with Crippen molar-refractivity contribution in [3.05, 3.63) is 77.8 Å². The van der Waals surface area contributed by atoms with Gasteiger partial charge in [-0.15, -0.1) is 0 Å². The Labute approximate surface area is 186 Å². The van der Waals surface area contributed by atoms with Gasteiger partial charge in [-0.25, -0.2) is 4.98 Å². The number of aromatic nitrogens is 2. The van der Waals surface area contributed by atoms with E-state index in [-0.39, 0.29) is 23.1 Å². The molecule has 1 fully saturated rings. The second-order valence-corrected chi connectivity index (χ2v) is 8.51. The van der Waals surface area contributed by atoms with Gasteiger partial charge in [-0.3, -0.25) is 9.59 Å². The highest BCUT2D eigenvalue weighted by Gasteiger charge is 2.43. The molecule has 3 aromatic rings. The van der Waals surface area contributed by atoms with Gasteiger partial charge in [-0.2, -0.15) is 0 Å². The van der Waals surface area contributed by atoms with E-state index in [2.05, 4.69) is 20.6 Å². The van der Waals surface area contributed by atoms with E-state index in [1.54, 1.807) is 18.5 Å². The Bertz CT molecular complexity index is 1070. The summed E-state index contributed by atoms with van der Waals surface area (Å²) < 4.78 is 5.22. The van der Waals surface area contributed by atoms with Gasteiger partial charge in [0.1, 0.15) is 6.04 Å². The van der Waals surface area contributed by atoms with Gasteiger partial charge in [0.2, 0.25) is 5.91 Å². The Morgan fingerprint density at radius 3 is 2.72 bits per heavy atom. The van der Waals surface area contributed by atoms with E-state index in [9.17, 15) is 9.59 Å². The predicted molar refractivity (Wildman–Crippen MR) is 118 cm³/mol. The number of imidazole rings is 1. The van der Waals surface area contributed by atoms with Crippen molar-refractivity contribution in [2.45, 2.75) is 37.3 Å². The molecule has 0 bridgehead atoms. The maximum Gasteiger partial charge on any atom is 0.287 e. The number of H-pyrrole nitrogens is 1. The number of aromatic amines is 1. The summed E-state index contributed by atoms with van der Waals surface area (Å²) in [6, 6.07) is 12.3. The van der Waals surface area contributed by atoms with Gasteiger partial charge in [0, 0.05) is 38.2 Å². The van der Waals surface area contributed by atoms with Gasteiger partial charge in [0.15, 0.2) is 5.76 Å². The van der Waals surface area contributed by atoms with Crippen LogP contribution in [0.3, 0.4) is 0 Å². The van der Waals surface area contributed by atoms with Gasteiger partial charge in [-0.05, 0) is 30.5 Å². The molecule has 2 aliphatic rings. The molecule has 2 amide bonds. The summed E-state index contributed by atoms with van der Waals surface area (Å²) in [6.07, 6.45) is 6.17. The van der Waals surface area contributed by atoms with E-state index >= 15 is 0 Å². The van der Waals surface area contributed by atoms with Gasteiger partial charge in [0.05, 0.1) is 23.8 Å². The minimum absolute atomic E-state index is 0.0679. The van der Waals surface area contributed by atoms with E-state index in [0.29, 0.717) is 19.5 Å². The number of amides is 2. The Balaban J connectivity index is 1.31. The Morgan fingerprint density at radius 1 is 1.16 bits per heavy atom. The maximum absolute atomic E-state index is 13.5. The molecule has 1 spiro atoms. The highest BCUT2D eigenvalue weighted by atomic mass is 16.3. The molecule has 2 aromatic heterocycles. The molecule has 3 N–H and O–H groups in total. The van der Waals surface area contributed by atoms with Gasteiger partial charge in [-0.1, -0.05) is 30.3 Å². The van der Waals surface area contributed by atoms with Crippen LogP contribution in [0, 0.1) is 0 Å². The normalized spacial score (nSPS) is 18.2. The molecule has 166 valence electrons. The first-order valence-corrected chi connectivity index (χ1v) is 11.1. The van der Waals surface area contributed by atoms with Crippen molar-refractivity contribution < 1.29 is 14.0 Å². The number of carbonyl (C=O) groups is 2. The van der Waals surface area contributed by atoms with Crippen LogP contribution >= 0.6 is 0 Å². The van der Waals surface area contributed by atoms with E-state index in [1.165, 1.54) is 12.0 Å². The molecule has 1 aromatic carbocycles. The van der Waals surface area contributed by atoms with Gasteiger partial charge in [0.25, 0.3) is 5.91 Å². The van der Waals surface area contributed by atoms with Crippen LogP contribution in [0.25, 0.3) is 0 Å². The van der Waals surface area contributed by atoms with Crippen molar-refractivity contribution in [1.29, 1.82) is 0 Å². The second kappa shape index (κ2) is 8.63. The van der Waals surface area contributed by atoms with Gasteiger partial charge >= 0.3 is 0 Å². The number of nitrogens with zero attached hydrogens (tertiary/aromatic N) is 2. The molecule has 0 radical (unpaired) electrons. The highest BCUT2D eigenvalue weighted by molar-refractivity contribution is 5.95. The fourth-order valence-electron chi connectivity index (χ4n) is 4.86. The number of nitrogens with one attached hydrogen (secondary N) is 3. The summed E-state index contributed by atoms with van der Waals surface area (Å²) in [7, 11) is 0. The summed E-state index contributed by atoms with van der Waals surface area (Å²) in [5, 5.41) is 6.54. The number of benzene rings is 1. The van der Waals surface area contributed by atoms with Crippen LogP contribution in [0.4, 0.5) is 0 Å². The lowest BCUT2D eigenvalue weighted by Crippen LogP contribution is -2.58. The summed E-state index contributed by atoms with van der Waals surface area (Å²) >= 11 is 0. The fraction of sp³-hybridized carbons (Fsp3) is 0.375. The van der Waals surface area contributed by atoms with Crippen molar-refractivity contribution in [3.63, 3.8) is 0 Å². The summed E-state index contributed by atoms with van der Waals surface area (Å²) in [4.78, 5) is 35.9. The topological polar surface area (TPSA) is 103 Å². The number of furan rings is 1. The number of piperidine rings is 1. The zero-order valence-corrected chi connectivity index (χ0v) is 17.8. The van der Waals surface area contributed by atoms with Crippen molar-refractivity contribution >= 4 is 11.8 Å². The lowest BCUT2D eigenvalue weighted by Gasteiger charge is -2.44. The number of hydrogen-bond acceptors (Lipinski definition) is 5. The summed E-state index contributed by atoms with van der Waals surface area (Å²) in [6.45, 7) is 2.12. The highest BCUT2D eigenvalue weighted by Crippen LogP contribution is 2.36. The van der Waals surface area contributed by atoms with Crippen molar-refractivity contribution in [3.8, 4) is 0 Å². The van der Waals surface area contributed by atoms with E-state index in [0.717, 1.165) is 37.1 Å². The third-order valence-corrected chi connectivity index (χ3v) is 6.57. The first-order chi connectivity index (χ1) is 15.6. The molecular formula is C24H27N5O3. The predicted octanol–water partition coefficient (Wildman–Crippen LogP) is 2.01. The minimum atomic E-state index is -0.663. The third-order valence-electron chi connectivity index (χ3n) is 6.57. The molecule has 1 atom stereocenters. The third kappa shape index (κ3) is 3.93. The molecule has 0 unspecified atom stereocenters. The number of hydrogen-bond donors (Lipinski definition) is 3. The number of likely N-dealkylation sites (tertiary alicyclic amines) is 1. The zero-order chi connectivity index (χ0) is 22.0. The molecule has 8 nitrogen and oxygen atoms in total. The lowest BCUT2D eigenvalue weighted by molar-refractivity contribution is -0.135.